The van der Waals surface area contributed by atoms with E-state index in [1.54, 1.807) is 16.3 Å². The number of nitro groups is 1. The number of nitrogens with one attached hydrogen (secondary N) is 1. The fraction of sp³-hybridized carbons (Fsp3) is 0.294. The minimum atomic E-state index is -0.604. The van der Waals surface area contributed by atoms with Gasteiger partial charge in [0.05, 0.1) is 4.92 Å². The third-order valence-corrected chi connectivity index (χ3v) is 5.21. The zero-order valence-corrected chi connectivity index (χ0v) is 15.3. The molecule has 0 radical (unpaired) electrons. The van der Waals surface area contributed by atoms with Gasteiger partial charge in [0, 0.05) is 41.2 Å². The van der Waals surface area contributed by atoms with Gasteiger partial charge in [0.1, 0.15) is 5.56 Å². The Morgan fingerprint density at radius 2 is 2.00 bits per heavy atom. The number of rotatable bonds is 4. The maximum absolute atomic E-state index is 12.6. The van der Waals surface area contributed by atoms with Gasteiger partial charge >= 0.3 is 0 Å². The lowest BCUT2D eigenvalue weighted by Gasteiger charge is -2.32. The first-order valence-corrected chi connectivity index (χ1v) is 9.34. The van der Waals surface area contributed by atoms with E-state index in [1.807, 2.05) is 5.38 Å². The Balaban J connectivity index is 1.62. The highest BCUT2D eigenvalue weighted by Gasteiger charge is 2.29. The Kier molecular flexibility index (Phi) is 5.53. The molecule has 0 unspecified atom stereocenters. The second kappa shape index (κ2) is 7.84. The summed E-state index contributed by atoms with van der Waals surface area (Å²) in [5.41, 5.74) is 0.362. The number of hydrogen-bond donors (Lipinski definition) is 1. The van der Waals surface area contributed by atoms with Crippen LogP contribution in [-0.2, 0) is 0 Å². The molecule has 1 aliphatic rings. The molecule has 7 nitrogen and oxygen atoms in total. The van der Waals surface area contributed by atoms with Crippen LogP contribution < -0.4 is 5.32 Å². The summed E-state index contributed by atoms with van der Waals surface area (Å²) in [5.74, 6) is -0.514. The van der Waals surface area contributed by atoms with Crippen molar-refractivity contribution in [3.8, 4) is 0 Å². The maximum atomic E-state index is 12.6. The highest BCUT2D eigenvalue weighted by molar-refractivity contribution is 7.08. The fourth-order valence-corrected chi connectivity index (χ4v) is 3.70. The van der Waals surface area contributed by atoms with Crippen LogP contribution in [0.25, 0.3) is 0 Å². The number of carbonyl (C=O) groups is 2. The fourth-order valence-electron chi connectivity index (χ4n) is 2.90. The molecule has 0 atom stereocenters. The molecule has 1 saturated heterocycles. The maximum Gasteiger partial charge on any atom is 0.283 e. The average molecular weight is 394 g/mol. The predicted molar refractivity (Wildman–Crippen MR) is 98.8 cm³/mol. The Bertz CT molecular complexity index is 833. The van der Waals surface area contributed by atoms with Crippen molar-refractivity contribution in [3.05, 3.63) is 61.3 Å². The molecule has 0 spiro atoms. The molecule has 1 fully saturated rings. The van der Waals surface area contributed by atoms with E-state index >= 15 is 0 Å². The normalized spacial score (nSPS) is 14.9. The highest BCUT2D eigenvalue weighted by atomic mass is 35.5. The predicted octanol–water partition coefficient (Wildman–Crippen LogP) is 3.34. The van der Waals surface area contributed by atoms with E-state index in [-0.39, 0.29) is 28.2 Å². The van der Waals surface area contributed by atoms with Crippen LogP contribution in [0.4, 0.5) is 5.69 Å². The molecule has 26 heavy (non-hydrogen) atoms. The number of amides is 2. The van der Waals surface area contributed by atoms with Crippen LogP contribution in [0.2, 0.25) is 5.02 Å². The Labute approximate surface area is 158 Å². The zero-order chi connectivity index (χ0) is 18.7. The largest absolute Gasteiger partial charge is 0.349 e. The number of carbonyl (C=O) groups excluding carboxylic acids is 2. The van der Waals surface area contributed by atoms with Gasteiger partial charge in [0.15, 0.2) is 0 Å². The zero-order valence-electron chi connectivity index (χ0n) is 13.7. The van der Waals surface area contributed by atoms with Crippen LogP contribution in [-0.4, -0.2) is 40.8 Å². The van der Waals surface area contributed by atoms with E-state index in [2.05, 4.69) is 5.32 Å². The summed E-state index contributed by atoms with van der Waals surface area (Å²) in [6.07, 6.45) is 1.20. The molecule has 0 saturated carbocycles. The van der Waals surface area contributed by atoms with Crippen molar-refractivity contribution in [3.63, 3.8) is 0 Å². The third kappa shape index (κ3) is 4.03. The van der Waals surface area contributed by atoms with E-state index in [1.165, 1.54) is 29.5 Å². The number of thiophene rings is 1. The average Bonchev–Trinajstić information content (AvgIpc) is 3.16. The molecule has 9 heteroatoms. The molecule has 2 amide bonds. The Morgan fingerprint density at radius 3 is 2.62 bits per heavy atom. The van der Waals surface area contributed by atoms with Crippen LogP contribution in [0.1, 0.15) is 33.6 Å². The number of hydrogen-bond acceptors (Lipinski definition) is 5. The van der Waals surface area contributed by atoms with Gasteiger partial charge in [0.25, 0.3) is 17.5 Å². The van der Waals surface area contributed by atoms with Crippen molar-refractivity contribution < 1.29 is 14.5 Å². The van der Waals surface area contributed by atoms with E-state index < -0.39 is 10.8 Å². The smallest absolute Gasteiger partial charge is 0.283 e. The monoisotopic (exact) mass is 393 g/mol. The van der Waals surface area contributed by atoms with Crippen molar-refractivity contribution in [2.75, 3.05) is 13.1 Å². The minimum Gasteiger partial charge on any atom is -0.349 e. The number of piperidine rings is 1. The van der Waals surface area contributed by atoms with Crippen molar-refractivity contribution in [2.45, 2.75) is 18.9 Å². The summed E-state index contributed by atoms with van der Waals surface area (Å²) in [6.45, 7) is 0.848. The van der Waals surface area contributed by atoms with Crippen LogP contribution in [0.5, 0.6) is 0 Å². The van der Waals surface area contributed by atoms with E-state index in [0.717, 1.165) is 0 Å². The molecular weight excluding hydrogens is 378 g/mol. The van der Waals surface area contributed by atoms with Gasteiger partial charge < -0.3 is 10.2 Å². The molecule has 0 aliphatic carbocycles. The van der Waals surface area contributed by atoms with E-state index in [9.17, 15) is 19.7 Å². The van der Waals surface area contributed by atoms with Gasteiger partial charge in [-0.15, -0.1) is 0 Å². The van der Waals surface area contributed by atoms with Gasteiger partial charge in [-0.2, -0.15) is 11.3 Å². The third-order valence-electron chi connectivity index (χ3n) is 4.29. The Morgan fingerprint density at radius 1 is 1.27 bits per heavy atom. The van der Waals surface area contributed by atoms with Gasteiger partial charge in [-0.3, -0.25) is 19.7 Å². The molecular formula is C17H16ClN3O4S. The summed E-state index contributed by atoms with van der Waals surface area (Å²) in [4.78, 5) is 36.9. The molecule has 2 aromatic rings. The van der Waals surface area contributed by atoms with Crippen LogP contribution >= 0.6 is 22.9 Å². The molecule has 0 bridgehead atoms. The second-order valence-corrected chi connectivity index (χ2v) is 7.19. The Hall–Kier alpha value is -2.45. The quantitative estimate of drug-likeness (QED) is 0.636. The minimum absolute atomic E-state index is 0.0216. The first-order valence-electron chi connectivity index (χ1n) is 8.02. The summed E-state index contributed by atoms with van der Waals surface area (Å²) >= 11 is 7.25. The lowest BCUT2D eigenvalue weighted by atomic mass is 10.0. The van der Waals surface area contributed by atoms with Crippen molar-refractivity contribution in [1.82, 2.24) is 10.2 Å². The highest BCUT2D eigenvalue weighted by Crippen LogP contribution is 2.25. The lowest BCUT2D eigenvalue weighted by molar-refractivity contribution is -0.385. The number of nitrogens with zero attached hydrogens (tertiary/aromatic N) is 2. The second-order valence-electron chi connectivity index (χ2n) is 5.97. The first-order chi connectivity index (χ1) is 12.5. The molecule has 1 aliphatic heterocycles. The van der Waals surface area contributed by atoms with Gasteiger partial charge in [0.2, 0.25) is 0 Å². The van der Waals surface area contributed by atoms with Gasteiger partial charge in [-0.25, -0.2) is 0 Å². The van der Waals surface area contributed by atoms with Crippen molar-refractivity contribution >= 4 is 40.4 Å². The van der Waals surface area contributed by atoms with E-state index in [0.29, 0.717) is 31.5 Å². The van der Waals surface area contributed by atoms with Crippen molar-refractivity contribution in [1.29, 1.82) is 0 Å². The number of nitro benzene ring substituents is 1. The SMILES string of the molecule is O=C(NC1CCN(C(=O)c2ccc(Cl)cc2[N+](=O)[O-])CC1)c1ccsc1. The molecule has 1 N–H and O–H groups in total. The van der Waals surface area contributed by atoms with Gasteiger partial charge in [-0.05, 0) is 36.4 Å². The number of likely N-dealkylation sites (tertiary alicyclic amines) is 1. The summed E-state index contributed by atoms with van der Waals surface area (Å²) in [5, 5.41) is 18.0. The molecule has 1 aromatic carbocycles. The topological polar surface area (TPSA) is 92.6 Å². The number of halogens is 1. The van der Waals surface area contributed by atoms with Crippen LogP contribution in [0.3, 0.4) is 0 Å². The molecule has 2 heterocycles. The van der Waals surface area contributed by atoms with Crippen LogP contribution in [0, 0.1) is 10.1 Å². The molecule has 1 aromatic heterocycles. The van der Waals surface area contributed by atoms with Crippen molar-refractivity contribution in [2.24, 2.45) is 0 Å². The van der Waals surface area contributed by atoms with Crippen LogP contribution in [0.15, 0.2) is 35.0 Å². The first kappa shape index (κ1) is 18.3. The standard InChI is InChI=1S/C17H16ClN3O4S/c18-12-1-2-14(15(9-12)21(24)25)17(23)20-6-3-13(4-7-20)19-16(22)11-5-8-26-10-11/h1-2,5,8-10,13H,3-4,6-7H2,(H,19,22). The summed E-state index contributed by atoms with van der Waals surface area (Å²) in [6, 6.07) is 5.77. The molecule has 136 valence electrons. The number of benzene rings is 1. The van der Waals surface area contributed by atoms with Gasteiger partial charge in [-0.1, -0.05) is 11.6 Å². The summed E-state index contributed by atoms with van der Waals surface area (Å²) in [7, 11) is 0. The lowest BCUT2D eigenvalue weighted by Crippen LogP contribution is -2.46. The molecule has 3 rings (SSSR count). The summed E-state index contributed by atoms with van der Waals surface area (Å²) < 4.78 is 0. The van der Waals surface area contributed by atoms with E-state index in [4.69, 9.17) is 11.6 Å².